The van der Waals surface area contributed by atoms with E-state index in [9.17, 15) is 8.78 Å². The Morgan fingerprint density at radius 1 is 1.37 bits per heavy atom. The topological polar surface area (TPSA) is 29.9 Å². The van der Waals surface area contributed by atoms with Crippen molar-refractivity contribution in [2.24, 2.45) is 7.05 Å². The first-order valence-electron chi connectivity index (χ1n) is 5.91. The van der Waals surface area contributed by atoms with E-state index in [2.05, 4.69) is 26.3 Å². The molecule has 1 unspecified atom stereocenters. The van der Waals surface area contributed by atoms with Crippen LogP contribution in [0.5, 0.6) is 0 Å². The lowest BCUT2D eigenvalue weighted by Gasteiger charge is -2.20. The lowest BCUT2D eigenvalue weighted by atomic mass is 10.0. The van der Waals surface area contributed by atoms with E-state index in [0.29, 0.717) is 12.2 Å². The molecular formula is C13H14BrF2N3. The monoisotopic (exact) mass is 329 g/mol. The number of hydrogen-bond donors (Lipinski definition) is 1. The molecule has 1 N–H and O–H groups in total. The number of hydrogen-bond acceptors (Lipinski definition) is 2. The van der Waals surface area contributed by atoms with Gasteiger partial charge in [0, 0.05) is 18.8 Å². The molecule has 0 bridgehead atoms. The molecule has 1 aromatic heterocycles. The molecule has 1 heterocycles. The molecule has 3 nitrogen and oxygen atoms in total. The summed E-state index contributed by atoms with van der Waals surface area (Å²) < 4.78 is 30.0. The quantitative estimate of drug-likeness (QED) is 0.873. The fraction of sp³-hybridized carbons (Fsp3) is 0.308. The van der Waals surface area contributed by atoms with E-state index in [1.807, 2.05) is 6.92 Å². The van der Waals surface area contributed by atoms with Gasteiger partial charge in [0.1, 0.15) is 11.6 Å². The first-order valence-corrected chi connectivity index (χ1v) is 6.70. The SMILES string of the molecule is CCNC(c1c(F)ccc(Br)c1F)c1ccnn1C. The number of benzene rings is 1. The van der Waals surface area contributed by atoms with Gasteiger partial charge in [-0.2, -0.15) is 5.10 Å². The minimum absolute atomic E-state index is 0.000162. The summed E-state index contributed by atoms with van der Waals surface area (Å²) in [5.74, 6) is -1.17. The Hall–Kier alpha value is -1.27. The first kappa shape index (κ1) is 14.1. The summed E-state index contributed by atoms with van der Waals surface area (Å²) >= 11 is 3.09. The normalized spacial score (nSPS) is 12.7. The molecule has 0 saturated carbocycles. The van der Waals surface area contributed by atoms with Crippen LogP contribution in [0, 0.1) is 11.6 Å². The van der Waals surface area contributed by atoms with Crippen molar-refractivity contribution in [1.29, 1.82) is 0 Å². The van der Waals surface area contributed by atoms with Gasteiger partial charge in [-0.1, -0.05) is 6.92 Å². The second kappa shape index (κ2) is 5.79. The minimum atomic E-state index is -0.591. The van der Waals surface area contributed by atoms with Crippen LogP contribution in [-0.2, 0) is 7.05 Å². The van der Waals surface area contributed by atoms with Gasteiger partial charge in [0.15, 0.2) is 0 Å². The molecule has 0 radical (unpaired) electrons. The van der Waals surface area contributed by atoms with E-state index in [4.69, 9.17) is 0 Å². The Balaban J connectivity index is 2.57. The number of nitrogens with zero attached hydrogens (tertiary/aromatic N) is 2. The van der Waals surface area contributed by atoms with E-state index in [-0.39, 0.29) is 10.0 Å². The van der Waals surface area contributed by atoms with E-state index >= 15 is 0 Å². The van der Waals surface area contributed by atoms with Gasteiger partial charge in [-0.25, -0.2) is 8.78 Å². The fourth-order valence-electron chi connectivity index (χ4n) is 2.03. The average molecular weight is 330 g/mol. The molecule has 6 heteroatoms. The number of halogens is 3. The van der Waals surface area contributed by atoms with Gasteiger partial charge in [0.2, 0.25) is 0 Å². The van der Waals surface area contributed by atoms with Crippen molar-refractivity contribution in [3.05, 3.63) is 51.8 Å². The minimum Gasteiger partial charge on any atom is -0.305 e. The van der Waals surface area contributed by atoms with Gasteiger partial charge >= 0.3 is 0 Å². The molecule has 0 aliphatic rings. The summed E-state index contributed by atoms with van der Waals surface area (Å²) in [6.45, 7) is 2.47. The Kier molecular flexibility index (Phi) is 4.31. The lowest BCUT2D eigenvalue weighted by molar-refractivity contribution is 0.490. The number of aromatic nitrogens is 2. The molecule has 2 aromatic rings. The molecule has 0 aliphatic carbocycles. The third-order valence-electron chi connectivity index (χ3n) is 2.93. The predicted octanol–water partition coefficient (Wildman–Crippen LogP) is 3.16. The molecular weight excluding hydrogens is 316 g/mol. The van der Waals surface area contributed by atoms with Crippen molar-refractivity contribution in [1.82, 2.24) is 15.1 Å². The molecule has 0 saturated heterocycles. The van der Waals surface area contributed by atoms with Gasteiger partial charge in [0.05, 0.1) is 16.2 Å². The van der Waals surface area contributed by atoms with Crippen LogP contribution in [0.25, 0.3) is 0 Å². The van der Waals surface area contributed by atoms with Crippen molar-refractivity contribution in [3.63, 3.8) is 0 Å². The van der Waals surface area contributed by atoms with Crippen LogP contribution in [0.2, 0.25) is 0 Å². The average Bonchev–Trinajstić information content (AvgIpc) is 2.79. The van der Waals surface area contributed by atoms with E-state index < -0.39 is 17.7 Å². The van der Waals surface area contributed by atoms with Crippen LogP contribution >= 0.6 is 15.9 Å². The lowest BCUT2D eigenvalue weighted by Crippen LogP contribution is -2.26. The Bertz CT molecular complexity index is 583. The highest BCUT2D eigenvalue weighted by atomic mass is 79.9. The second-order valence-electron chi connectivity index (χ2n) is 4.13. The van der Waals surface area contributed by atoms with Crippen molar-refractivity contribution in [2.75, 3.05) is 6.54 Å². The van der Waals surface area contributed by atoms with Gasteiger partial charge < -0.3 is 5.32 Å². The molecule has 1 aromatic carbocycles. The molecule has 0 aliphatic heterocycles. The molecule has 102 valence electrons. The zero-order valence-electron chi connectivity index (χ0n) is 10.6. The third kappa shape index (κ3) is 2.69. The molecule has 2 rings (SSSR count). The van der Waals surface area contributed by atoms with Gasteiger partial charge in [-0.05, 0) is 40.7 Å². The summed E-state index contributed by atoms with van der Waals surface area (Å²) in [4.78, 5) is 0. The number of rotatable bonds is 4. The fourth-order valence-corrected chi connectivity index (χ4v) is 2.38. The summed E-state index contributed by atoms with van der Waals surface area (Å²) in [6, 6.07) is 3.78. The maximum atomic E-state index is 14.2. The van der Waals surface area contributed by atoms with Crippen LogP contribution < -0.4 is 5.32 Å². The zero-order valence-corrected chi connectivity index (χ0v) is 12.2. The van der Waals surface area contributed by atoms with E-state index in [1.165, 1.54) is 12.1 Å². The van der Waals surface area contributed by atoms with Crippen LogP contribution in [0.3, 0.4) is 0 Å². The standard InChI is InChI=1S/C13H14BrF2N3/c1-3-17-13(10-6-7-18-19(10)2)11-9(15)5-4-8(14)12(11)16/h4-7,13,17H,3H2,1-2H3. The summed E-state index contributed by atoms with van der Waals surface area (Å²) in [5, 5.41) is 7.14. The summed E-state index contributed by atoms with van der Waals surface area (Å²) in [5.41, 5.74) is 0.706. The smallest absolute Gasteiger partial charge is 0.145 e. The van der Waals surface area contributed by atoms with Crippen molar-refractivity contribution in [3.8, 4) is 0 Å². The highest BCUT2D eigenvalue weighted by Crippen LogP contribution is 2.30. The highest BCUT2D eigenvalue weighted by molar-refractivity contribution is 9.10. The maximum absolute atomic E-state index is 14.2. The third-order valence-corrected chi connectivity index (χ3v) is 3.54. The van der Waals surface area contributed by atoms with E-state index in [0.717, 1.165) is 0 Å². The largest absolute Gasteiger partial charge is 0.305 e. The van der Waals surface area contributed by atoms with Gasteiger partial charge in [-0.15, -0.1) is 0 Å². The summed E-state index contributed by atoms with van der Waals surface area (Å²) in [6.07, 6.45) is 1.60. The molecule has 1 atom stereocenters. The van der Waals surface area contributed by atoms with Crippen LogP contribution in [0.15, 0.2) is 28.9 Å². The first-order chi connectivity index (χ1) is 9.06. The van der Waals surface area contributed by atoms with Crippen molar-refractivity contribution < 1.29 is 8.78 Å². The predicted molar refractivity (Wildman–Crippen MR) is 72.8 cm³/mol. The molecule has 0 amide bonds. The van der Waals surface area contributed by atoms with Crippen molar-refractivity contribution >= 4 is 15.9 Å². The van der Waals surface area contributed by atoms with Gasteiger partial charge in [0.25, 0.3) is 0 Å². The van der Waals surface area contributed by atoms with Gasteiger partial charge in [-0.3, -0.25) is 4.68 Å². The van der Waals surface area contributed by atoms with Crippen LogP contribution in [0.4, 0.5) is 8.78 Å². The Morgan fingerprint density at radius 2 is 2.11 bits per heavy atom. The molecule has 19 heavy (non-hydrogen) atoms. The summed E-state index contributed by atoms with van der Waals surface area (Å²) in [7, 11) is 1.74. The molecule has 0 fully saturated rings. The highest BCUT2D eigenvalue weighted by Gasteiger charge is 2.24. The Labute approximate surface area is 118 Å². The number of aryl methyl sites for hydroxylation is 1. The second-order valence-corrected chi connectivity index (χ2v) is 4.98. The number of nitrogens with one attached hydrogen (secondary N) is 1. The van der Waals surface area contributed by atoms with Crippen LogP contribution in [0.1, 0.15) is 24.2 Å². The molecule has 0 spiro atoms. The zero-order chi connectivity index (χ0) is 14.0. The van der Waals surface area contributed by atoms with Crippen molar-refractivity contribution in [2.45, 2.75) is 13.0 Å². The maximum Gasteiger partial charge on any atom is 0.145 e. The Morgan fingerprint density at radius 3 is 2.68 bits per heavy atom. The van der Waals surface area contributed by atoms with E-state index in [1.54, 1.807) is 24.0 Å². The van der Waals surface area contributed by atoms with Crippen LogP contribution in [-0.4, -0.2) is 16.3 Å².